The Morgan fingerprint density at radius 3 is 2.50 bits per heavy atom. The lowest BCUT2D eigenvalue weighted by Crippen LogP contribution is -2.14. The SMILES string of the molecule is CCCCC(=O)Nc1ccc(NCC(C)C)nn1. The van der Waals surface area contributed by atoms with Gasteiger partial charge in [0.15, 0.2) is 5.82 Å². The highest BCUT2D eigenvalue weighted by Gasteiger charge is 2.03. The van der Waals surface area contributed by atoms with E-state index in [-0.39, 0.29) is 5.91 Å². The third-order valence-corrected chi connectivity index (χ3v) is 2.38. The summed E-state index contributed by atoms with van der Waals surface area (Å²) in [6.07, 6.45) is 2.44. The summed E-state index contributed by atoms with van der Waals surface area (Å²) in [6.45, 7) is 7.17. The number of nitrogens with one attached hydrogen (secondary N) is 2. The maximum absolute atomic E-state index is 11.5. The maximum Gasteiger partial charge on any atom is 0.225 e. The Morgan fingerprint density at radius 1 is 1.28 bits per heavy atom. The van der Waals surface area contributed by atoms with E-state index in [0.29, 0.717) is 18.2 Å². The highest BCUT2D eigenvalue weighted by atomic mass is 16.1. The molecule has 1 aromatic rings. The molecule has 1 heterocycles. The first-order valence-corrected chi connectivity index (χ1v) is 6.49. The number of aromatic nitrogens is 2. The van der Waals surface area contributed by atoms with Gasteiger partial charge in [-0.05, 0) is 24.5 Å². The van der Waals surface area contributed by atoms with Crippen LogP contribution < -0.4 is 10.6 Å². The molecule has 0 saturated carbocycles. The molecule has 0 radical (unpaired) electrons. The Kier molecular flexibility index (Phi) is 6.11. The van der Waals surface area contributed by atoms with Gasteiger partial charge in [-0.15, -0.1) is 10.2 Å². The Balaban J connectivity index is 2.42. The van der Waals surface area contributed by atoms with Crippen molar-refractivity contribution < 1.29 is 4.79 Å². The van der Waals surface area contributed by atoms with Gasteiger partial charge in [0.25, 0.3) is 0 Å². The van der Waals surface area contributed by atoms with Gasteiger partial charge in [0, 0.05) is 13.0 Å². The number of hydrogen-bond donors (Lipinski definition) is 2. The highest BCUT2D eigenvalue weighted by Crippen LogP contribution is 2.07. The van der Waals surface area contributed by atoms with Crippen LogP contribution in [-0.2, 0) is 4.79 Å². The average Bonchev–Trinajstić information content (AvgIpc) is 2.35. The zero-order valence-corrected chi connectivity index (χ0v) is 11.4. The second kappa shape index (κ2) is 7.63. The van der Waals surface area contributed by atoms with E-state index >= 15 is 0 Å². The minimum atomic E-state index is -0.00552. The van der Waals surface area contributed by atoms with Gasteiger partial charge in [-0.25, -0.2) is 0 Å². The molecule has 0 fully saturated rings. The predicted molar refractivity (Wildman–Crippen MR) is 73.5 cm³/mol. The van der Waals surface area contributed by atoms with E-state index in [0.717, 1.165) is 25.2 Å². The van der Waals surface area contributed by atoms with Crippen LogP contribution in [0.1, 0.15) is 40.0 Å². The molecule has 1 amide bonds. The largest absolute Gasteiger partial charge is 0.368 e. The van der Waals surface area contributed by atoms with E-state index in [1.807, 2.05) is 6.07 Å². The van der Waals surface area contributed by atoms with Crippen LogP contribution in [0, 0.1) is 5.92 Å². The van der Waals surface area contributed by atoms with Crippen LogP contribution in [0.15, 0.2) is 12.1 Å². The number of nitrogens with zero attached hydrogens (tertiary/aromatic N) is 2. The number of anilines is 2. The fourth-order valence-corrected chi connectivity index (χ4v) is 1.34. The number of rotatable bonds is 7. The Hall–Kier alpha value is -1.65. The Morgan fingerprint density at radius 2 is 1.94 bits per heavy atom. The Labute approximate surface area is 108 Å². The molecule has 0 aliphatic rings. The lowest BCUT2D eigenvalue weighted by molar-refractivity contribution is -0.116. The van der Waals surface area contributed by atoms with Crippen molar-refractivity contribution in [3.63, 3.8) is 0 Å². The summed E-state index contributed by atoms with van der Waals surface area (Å²) in [6, 6.07) is 3.59. The van der Waals surface area contributed by atoms with Crippen LogP contribution in [0.25, 0.3) is 0 Å². The van der Waals surface area contributed by atoms with Crippen LogP contribution in [0.2, 0.25) is 0 Å². The fourth-order valence-electron chi connectivity index (χ4n) is 1.34. The molecule has 0 aliphatic carbocycles. The van der Waals surface area contributed by atoms with Gasteiger partial charge in [-0.2, -0.15) is 0 Å². The molecule has 0 aliphatic heterocycles. The zero-order chi connectivity index (χ0) is 13.4. The molecule has 5 heteroatoms. The minimum Gasteiger partial charge on any atom is -0.368 e. The van der Waals surface area contributed by atoms with Gasteiger partial charge in [0.05, 0.1) is 0 Å². The molecule has 0 saturated heterocycles. The van der Waals surface area contributed by atoms with E-state index in [1.54, 1.807) is 6.07 Å². The number of carbonyl (C=O) groups is 1. The predicted octanol–water partition coefficient (Wildman–Crippen LogP) is 2.67. The molecular formula is C13H22N4O. The van der Waals surface area contributed by atoms with Crippen LogP contribution in [0.5, 0.6) is 0 Å². The average molecular weight is 250 g/mol. The smallest absolute Gasteiger partial charge is 0.225 e. The molecule has 0 aromatic carbocycles. The van der Waals surface area contributed by atoms with E-state index in [9.17, 15) is 4.79 Å². The van der Waals surface area contributed by atoms with Crippen molar-refractivity contribution in [2.75, 3.05) is 17.2 Å². The van der Waals surface area contributed by atoms with Crippen LogP contribution in [-0.4, -0.2) is 22.6 Å². The summed E-state index contributed by atoms with van der Waals surface area (Å²) in [5.41, 5.74) is 0. The second-order valence-electron chi connectivity index (χ2n) is 4.73. The third-order valence-electron chi connectivity index (χ3n) is 2.38. The molecule has 100 valence electrons. The number of amides is 1. The molecular weight excluding hydrogens is 228 g/mol. The van der Waals surface area contributed by atoms with Crippen molar-refractivity contribution in [1.29, 1.82) is 0 Å². The van der Waals surface area contributed by atoms with Crippen LogP contribution in [0.3, 0.4) is 0 Å². The quantitative estimate of drug-likeness (QED) is 0.780. The Bertz CT molecular complexity index is 362. The fraction of sp³-hybridized carbons (Fsp3) is 0.615. The first-order valence-electron chi connectivity index (χ1n) is 6.49. The van der Waals surface area contributed by atoms with Crippen molar-refractivity contribution in [2.45, 2.75) is 40.0 Å². The molecule has 18 heavy (non-hydrogen) atoms. The van der Waals surface area contributed by atoms with Crippen molar-refractivity contribution in [2.24, 2.45) is 5.92 Å². The summed E-state index contributed by atoms with van der Waals surface area (Å²) in [4.78, 5) is 11.5. The van der Waals surface area contributed by atoms with Gasteiger partial charge in [-0.1, -0.05) is 27.2 Å². The van der Waals surface area contributed by atoms with Gasteiger partial charge < -0.3 is 10.6 Å². The van der Waals surface area contributed by atoms with Gasteiger partial charge in [-0.3, -0.25) is 4.79 Å². The number of unbranched alkanes of at least 4 members (excludes halogenated alkanes) is 1. The third kappa shape index (κ3) is 5.61. The van der Waals surface area contributed by atoms with E-state index < -0.39 is 0 Å². The van der Waals surface area contributed by atoms with Crippen molar-refractivity contribution in [3.8, 4) is 0 Å². The molecule has 1 aromatic heterocycles. The lowest BCUT2D eigenvalue weighted by atomic mass is 10.2. The monoisotopic (exact) mass is 250 g/mol. The summed E-state index contributed by atoms with van der Waals surface area (Å²) in [5, 5.41) is 13.9. The number of hydrogen-bond acceptors (Lipinski definition) is 4. The maximum atomic E-state index is 11.5. The molecule has 0 spiro atoms. The first kappa shape index (κ1) is 14.4. The summed E-state index contributed by atoms with van der Waals surface area (Å²) >= 11 is 0. The van der Waals surface area contributed by atoms with E-state index in [1.165, 1.54) is 0 Å². The second-order valence-corrected chi connectivity index (χ2v) is 4.73. The summed E-state index contributed by atoms with van der Waals surface area (Å²) < 4.78 is 0. The van der Waals surface area contributed by atoms with Crippen molar-refractivity contribution in [1.82, 2.24) is 10.2 Å². The van der Waals surface area contributed by atoms with Gasteiger partial charge in [0.2, 0.25) is 5.91 Å². The molecule has 2 N–H and O–H groups in total. The summed E-state index contributed by atoms with van der Waals surface area (Å²) in [7, 11) is 0. The molecule has 5 nitrogen and oxygen atoms in total. The summed E-state index contributed by atoms with van der Waals surface area (Å²) in [5.74, 6) is 1.79. The van der Waals surface area contributed by atoms with Crippen molar-refractivity contribution >= 4 is 17.5 Å². The number of carbonyl (C=O) groups excluding carboxylic acids is 1. The normalized spacial score (nSPS) is 10.4. The van der Waals surface area contributed by atoms with Crippen LogP contribution in [0.4, 0.5) is 11.6 Å². The topological polar surface area (TPSA) is 66.9 Å². The van der Waals surface area contributed by atoms with Gasteiger partial charge >= 0.3 is 0 Å². The lowest BCUT2D eigenvalue weighted by Gasteiger charge is -2.08. The van der Waals surface area contributed by atoms with E-state index in [2.05, 4.69) is 41.6 Å². The first-order chi connectivity index (χ1) is 8.61. The standard InChI is InChI=1S/C13H22N4O/c1-4-5-6-13(18)15-12-8-7-11(16-17-12)14-9-10(2)3/h7-8,10H,4-6,9H2,1-3H3,(H,14,16)(H,15,17,18). The van der Waals surface area contributed by atoms with Crippen molar-refractivity contribution in [3.05, 3.63) is 12.1 Å². The zero-order valence-electron chi connectivity index (χ0n) is 11.4. The molecule has 0 bridgehead atoms. The molecule has 0 atom stereocenters. The van der Waals surface area contributed by atoms with E-state index in [4.69, 9.17) is 0 Å². The van der Waals surface area contributed by atoms with Gasteiger partial charge in [0.1, 0.15) is 5.82 Å². The molecule has 1 rings (SSSR count). The highest BCUT2D eigenvalue weighted by molar-refractivity contribution is 5.89. The molecule has 0 unspecified atom stereocenters. The van der Waals surface area contributed by atoms with Crippen LogP contribution >= 0.6 is 0 Å². The minimum absolute atomic E-state index is 0.00552.